The van der Waals surface area contributed by atoms with Crippen LogP contribution in [0.3, 0.4) is 0 Å². The molecule has 0 saturated heterocycles. The van der Waals surface area contributed by atoms with Crippen molar-refractivity contribution in [3.05, 3.63) is 52.5 Å². The number of allylic oxidation sites excluding steroid dienone is 1. The second-order valence-electron chi connectivity index (χ2n) is 6.44. The molecule has 0 aliphatic heterocycles. The first-order valence-electron chi connectivity index (χ1n) is 9.38. The lowest BCUT2D eigenvalue weighted by molar-refractivity contribution is -0.274. The topological polar surface area (TPSA) is 62.7 Å². The van der Waals surface area contributed by atoms with Crippen molar-refractivity contribution in [2.24, 2.45) is 4.99 Å². The molecule has 2 aromatic rings. The standard InChI is InChI=1S/C21H24F3N3O2S/c1-5-13(3)12-26-20-17(11-18(30-20)19(28)25-6-2)14(4)27-15-7-9-16(10-8-15)29-21(22,23)24/h7-12,26H,5-6H2,1-4H3,(H,25,28)/b13-12+,27-14?. The summed E-state index contributed by atoms with van der Waals surface area (Å²) >= 11 is 1.31. The Kier molecular flexibility index (Phi) is 8.05. The largest absolute Gasteiger partial charge is 0.573 e. The second-order valence-corrected chi connectivity index (χ2v) is 7.49. The highest BCUT2D eigenvalue weighted by atomic mass is 32.1. The van der Waals surface area contributed by atoms with Crippen molar-refractivity contribution in [1.29, 1.82) is 0 Å². The highest BCUT2D eigenvalue weighted by Gasteiger charge is 2.30. The third-order valence-corrected chi connectivity index (χ3v) is 5.12. The maximum Gasteiger partial charge on any atom is 0.573 e. The van der Waals surface area contributed by atoms with E-state index >= 15 is 0 Å². The molecule has 1 heterocycles. The molecule has 9 heteroatoms. The van der Waals surface area contributed by atoms with E-state index in [1.54, 1.807) is 13.0 Å². The smallest absolute Gasteiger partial charge is 0.406 e. The number of benzene rings is 1. The maximum absolute atomic E-state index is 12.3. The van der Waals surface area contributed by atoms with Crippen molar-refractivity contribution < 1.29 is 22.7 Å². The van der Waals surface area contributed by atoms with E-state index in [-0.39, 0.29) is 11.7 Å². The molecule has 0 atom stereocenters. The third-order valence-electron chi connectivity index (χ3n) is 4.06. The van der Waals surface area contributed by atoms with Crippen LogP contribution in [-0.2, 0) is 0 Å². The molecule has 0 fully saturated rings. The zero-order valence-corrected chi connectivity index (χ0v) is 18.0. The van der Waals surface area contributed by atoms with Crippen LogP contribution in [0.15, 0.2) is 47.1 Å². The van der Waals surface area contributed by atoms with Crippen molar-refractivity contribution >= 4 is 33.6 Å². The monoisotopic (exact) mass is 439 g/mol. The average Bonchev–Trinajstić information content (AvgIpc) is 3.11. The number of amides is 1. The van der Waals surface area contributed by atoms with E-state index < -0.39 is 6.36 Å². The zero-order chi connectivity index (χ0) is 22.3. The predicted octanol–water partition coefficient (Wildman–Crippen LogP) is 6.26. The van der Waals surface area contributed by atoms with Gasteiger partial charge in [-0.1, -0.05) is 12.5 Å². The number of hydrogen-bond donors (Lipinski definition) is 2. The highest BCUT2D eigenvalue weighted by molar-refractivity contribution is 7.18. The van der Waals surface area contributed by atoms with Gasteiger partial charge in [-0.2, -0.15) is 0 Å². The van der Waals surface area contributed by atoms with E-state index in [2.05, 4.69) is 20.4 Å². The molecule has 0 saturated carbocycles. The molecule has 162 valence electrons. The number of alkyl halides is 3. The number of halogens is 3. The van der Waals surface area contributed by atoms with Crippen LogP contribution >= 0.6 is 11.3 Å². The molecule has 0 aliphatic rings. The number of ether oxygens (including phenoxy) is 1. The summed E-state index contributed by atoms with van der Waals surface area (Å²) in [6, 6.07) is 7.05. The molecule has 30 heavy (non-hydrogen) atoms. The summed E-state index contributed by atoms with van der Waals surface area (Å²) < 4.78 is 40.8. The number of thiophene rings is 1. The van der Waals surface area contributed by atoms with Crippen LogP contribution in [-0.4, -0.2) is 24.5 Å². The Morgan fingerprint density at radius 1 is 1.20 bits per heavy atom. The first kappa shape index (κ1) is 23.5. The predicted molar refractivity (Wildman–Crippen MR) is 115 cm³/mol. The summed E-state index contributed by atoms with van der Waals surface area (Å²) in [5.74, 6) is -0.481. The molecule has 2 rings (SSSR count). The number of hydrogen-bond acceptors (Lipinski definition) is 5. The van der Waals surface area contributed by atoms with Crippen molar-refractivity contribution in [3.8, 4) is 5.75 Å². The quantitative estimate of drug-likeness (QED) is 0.477. The van der Waals surface area contributed by atoms with Gasteiger partial charge in [0.05, 0.1) is 10.6 Å². The molecule has 0 unspecified atom stereocenters. The number of carbonyl (C=O) groups is 1. The molecule has 1 aromatic carbocycles. The maximum atomic E-state index is 12.3. The first-order valence-corrected chi connectivity index (χ1v) is 10.2. The van der Waals surface area contributed by atoms with Gasteiger partial charge in [-0.25, -0.2) is 0 Å². The van der Waals surface area contributed by atoms with Crippen LogP contribution in [0.5, 0.6) is 5.75 Å². The van der Waals surface area contributed by atoms with Gasteiger partial charge in [0.1, 0.15) is 10.8 Å². The molecule has 1 aromatic heterocycles. The number of nitrogens with one attached hydrogen (secondary N) is 2. The Morgan fingerprint density at radius 3 is 2.43 bits per heavy atom. The van der Waals surface area contributed by atoms with E-state index in [1.807, 2.05) is 27.0 Å². The number of nitrogens with zero attached hydrogens (tertiary/aromatic N) is 1. The minimum atomic E-state index is -4.74. The summed E-state index contributed by atoms with van der Waals surface area (Å²) in [4.78, 5) is 17.3. The molecule has 5 nitrogen and oxygen atoms in total. The van der Waals surface area contributed by atoms with Crippen LogP contribution in [0, 0.1) is 0 Å². The molecular formula is C21H24F3N3O2S. The van der Waals surface area contributed by atoms with Gasteiger partial charge in [-0.15, -0.1) is 24.5 Å². The van der Waals surface area contributed by atoms with Gasteiger partial charge in [0, 0.05) is 24.0 Å². The molecule has 0 radical (unpaired) electrons. The fourth-order valence-electron chi connectivity index (χ4n) is 2.39. The van der Waals surface area contributed by atoms with Gasteiger partial charge >= 0.3 is 6.36 Å². The van der Waals surface area contributed by atoms with E-state index in [0.29, 0.717) is 22.8 Å². The Balaban J connectivity index is 2.33. The van der Waals surface area contributed by atoms with Crippen molar-refractivity contribution in [1.82, 2.24) is 5.32 Å². The van der Waals surface area contributed by atoms with Gasteiger partial charge < -0.3 is 15.4 Å². The van der Waals surface area contributed by atoms with Crippen LogP contribution in [0.4, 0.5) is 23.9 Å². The van der Waals surface area contributed by atoms with Gasteiger partial charge in [-0.3, -0.25) is 9.79 Å². The highest BCUT2D eigenvalue weighted by Crippen LogP contribution is 2.31. The summed E-state index contributed by atoms with van der Waals surface area (Å²) in [6.45, 7) is 8.19. The van der Waals surface area contributed by atoms with Gasteiger partial charge in [0.25, 0.3) is 5.91 Å². The second kappa shape index (κ2) is 10.3. The van der Waals surface area contributed by atoms with Crippen LogP contribution in [0.2, 0.25) is 0 Å². The minimum absolute atomic E-state index is 0.172. The summed E-state index contributed by atoms with van der Waals surface area (Å²) in [5, 5.41) is 6.77. The van der Waals surface area contributed by atoms with E-state index in [4.69, 9.17) is 0 Å². The lowest BCUT2D eigenvalue weighted by Gasteiger charge is -2.08. The zero-order valence-electron chi connectivity index (χ0n) is 17.2. The van der Waals surface area contributed by atoms with E-state index in [0.717, 1.165) is 22.6 Å². The Labute approximate surface area is 177 Å². The van der Waals surface area contributed by atoms with Gasteiger partial charge in [0.15, 0.2) is 0 Å². The van der Waals surface area contributed by atoms with E-state index in [9.17, 15) is 18.0 Å². The van der Waals surface area contributed by atoms with Crippen LogP contribution in [0.25, 0.3) is 0 Å². The summed E-state index contributed by atoms with van der Waals surface area (Å²) in [6.07, 6.45) is -1.97. The van der Waals surface area contributed by atoms with Crippen molar-refractivity contribution in [2.75, 3.05) is 11.9 Å². The number of carbonyl (C=O) groups excluding carboxylic acids is 1. The number of anilines is 1. The lowest BCUT2D eigenvalue weighted by Crippen LogP contribution is -2.21. The molecule has 1 amide bonds. The minimum Gasteiger partial charge on any atom is -0.406 e. The Bertz CT molecular complexity index is 932. The van der Waals surface area contributed by atoms with Gasteiger partial charge in [0.2, 0.25) is 0 Å². The number of aliphatic imine (C=N–C) groups is 1. The first-order chi connectivity index (χ1) is 14.1. The SMILES string of the molecule is CCNC(=O)c1cc(C(C)=Nc2ccc(OC(F)(F)F)cc2)c(N/C=C(\C)CC)s1. The number of rotatable bonds is 8. The van der Waals surface area contributed by atoms with Gasteiger partial charge in [-0.05, 0) is 57.5 Å². The average molecular weight is 440 g/mol. The Hall–Kier alpha value is -2.81. The lowest BCUT2D eigenvalue weighted by atomic mass is 10.2. The normalized spacial score (nSPS) is 12.6. The van der Waals surface area contributed by atoms with Crippen molar-refractivity contribution in [2.45, 2.75) is 40.5 Å². The molecule has 2 N–H and O–H groups in total. The fourth-order valence-corrected chi connectivity index (χ4v) is 3.39. The Morgan fingerprint density at radius 2 is 1.87 bits per heavy atom. The molecular weight excluding hydrogens is 415 g/mol. The van der Waals surface area contributed by atoms with E-state index in [1.165, 1.54) is 35.6 Å². The molecule has 0 spiro atoms. The fraction of sp³-hybridized carbons (Fsp3) is 0.333. The van der Waals surface area contributed by atoms with Crippen LogP contribution in [0.1, 0.15) is 49.4 Å². The summed E-state index contributed by atoms with van der Waals surface area (Å²) in [7, 11) is 0. The third kappa shape index (κ3) is 6.91. The molecule has 0 aliphatic carbocycles. The molecule has 0 bridgehead atoms. The van der Waals surface area contributed by atoms with Crippen molar-refractivity contribution in [3.63, 3.8) is 0 Å². The van der Waals surface area contributed by atoms with Crippen LogP contribution < -0.4 is 15.4 Å². The summed E-state index contributed by atoms with van der Waals surface area (Å²) in [5.41, 5.74) is 2.98.